The second-order valence-electron chi connectivity index (χ2n) is 7.69. The molecule has 0 N–H and O–H groups in total. The average molecular weight is 388 g/mol. The van der Waals surface area contributed by atoms with E-state index in [4.69, 9.17) is 9.72 Å². The molecular formula is C27H33NO. The molecule has 0 aliphatic carbocycles. The van der Waals surface area contributed by atoms with E-state index in [1.54, 1.807) is 0 Å². The molecule has 0 fully saturated rings. The summed E-state index contributed by atoms with van der Waals surface area (Å²) < 4.78 is 5.53. The Labute approximate surface area is 176 Å². The first-order valence-corrected chi connectivity index (χ1v) is 11.0. The Hall–Kier alpha value is -2.61. The highest BCUT2D eigenvalue weighted by Gasteiger charge is 2.10. The van der Waals surface area contributed by atoms with Crippen molar-refractivity contribution in [3.8, 4) is 16.9 Å². The number of aryl methyl sites for hydroxylation is 1. The molecule has 0 aliphatic rings. The van der Waals surface area contributed by atoms with E-state index in [1.165, 1.54) is 53.6 Å². The molecule has 0 saturated heterocycles. The Morgan fingerprint density at radius 3 is 2.00 bits per heavy atom. The van der Waals surface area contributed by atoms with E-state index in [1.807, 2.05) is 19.1 Å². The highest BCUT2D eigenvalue weighted by Crippen LogP contribution is 2.28. The molecule has 1 heterocycles. The highest BCUT2D eigenvalue weighted by atomic mass is 16.5. The van der Waals surface area contributed by atoms with Crippen LogP contribution < -0.4 is 4.74 Å². The Kier molecular flexibility index (Phi) is 7.86. The zero-order valence-corrected chi connectivity index (χ0v) is 18.0. The lowest BCUT2D eigenvalue weighted by atomic mass is 9.92. The first-order valence-electron chi connectivity index (χ1n) is 11.0. The molecular weight excluding hydrogens is 354 g/mol. The van der Waals surface area contributed by atoms with E-state index < -0.39 is 0 Å². The maximum absolute atomic E-state index is 5.53. The third kappa shape index (κ3) is 5.93. The SMILES string of the molecule is CCCCCCc1ccc(C(C)c2ccc(-c3ccc(OCC)cc3)cc2)cn1. The summed E-state index contributed by atoms with van der Waals surface area (Å²) in [6.07, 6.45) is 8.29. The molecule has 0 bridgehead atoms. The van der Waals surface area contributed by atoms with Crippen LogP contribution in [0.4, 0.5) is 0 Å². The van der Waals surface area contributed by atoms with E-state index in [0.717, 1.165) is 12.2 Å². The Balaban J connectivity index is 1.63. The van der Waals surface area contributed by atoms with Crippen molar-refractivity contribution in [1.29, 1.82) is 0 Å². The van der Waals surface area contributed by atoms with Gasteiger partial charge in [0.15, 0.2) is 0 Å². The van der Waals surface area contributed by atoms with Crippen LogP contribution in [0.2, 0.25) is 0 Å². The minimum Gasteiger partial charge on any atom is -0.494 e. The maximum atomic E-state index is 5.53. The summed E-state index contributed by atoms with van der Waals surface area (Å²) in [7, 11) is 0. The normalized spacial score (nSPS) is 12.0. The smallest absolute Gasteiger partial charge is 0.119 e. The summed E-state index contributed by atoms with van der Waals surface area (Å²) in [5.41, 5.74) is 6.24. The van der Waals surface area contributed by atoms with Crippen LogP contribution in [-0.2, 0) is 6.42 Å². The van der Waals surface area contributed by atoms with Gasteiger partial charge in [-0.1, -0.05) is 75.6 Å². The van der Waals surface area contributed by atoms with Gasteiger partial charge in [-0.2, -0.15) is 0 Å². The van der Waals surface area contributed by atoms with Gasteiger partial charge in [0.2, 0.25) is 0 Å². The lowest BCUT2D eigenvalue weighted by Crippen LogP contribution is -1.99. The van der Waals surface area contributed by atoms with Crippen molar-refractivity contribution < 1.29 is 4.74 Å². The van der Waals surface area contributed by atoms with Gasteiger partial charge in [0, 0.05) is 17.8 Å². The van der Waals surface area contributed by atoms with Crippen LogP contribution in [0.25, 0.3) is 11.1 Å². The summed E-state index contributed by atoms with van der Waals surface area (Å²) in [5.74, 6) is 1.26. The molecule has 0 aliphatic heterocycles. The van der Waals surface area contributed by atoms with Gasteiger partial charge in [-0.15, -0.1) is 0 Å². The van der Waals surface area contributed by atoms with Crippen molar-refractivity contribution in [3.63, 3.8) is 0 Å². The molecule has 0 spiro atoms. The van der Waals surface area contributed by atoms with Crippen LogP contribution in [0.5, 0.6) is 5.75 Å². The average Bonchev–Trinajstić information content (AvgIpc) is 2.78. The predicted molar refractivity (Wildman–Crippen MR) is 123 cm³/mol. The van der Waals surface area contributed by atoms with E-state index in [2.05, 4.69) is 68.6 Å². The summed E-state index contributed by atoms with van der Waals surface area (Å²) in [6, 6.07) is 21.6. The van der Waals surface area contributed by atoms with E-state index in [9.17, 15) is 0 Å². The quantitative estimate of drug-likeness (QED) is 0.338. The minimum absolute atomic E-state index is 0.339. The number of ether oxygens (including phenoxy) is 1. The van der Waals surface area contributed by atoms with Crippen molar-refractivity contribution in [3.05, 3.63) is 83.7 Å². The first kappa shape index (κ1) is 21.1. The van der Waals surface area contributed by atoms with Gasteiger partial charge in [-0.25, -0.2) is 0 Å². The Morgan fingerprint density at radius 2 is 1.41 bits per heavy atom. The Bertz CT molecular complexity index is 851. The van der Waals surface area contributed by atoms with E-state index >= 15 is 0 Å². The fourth-order valence-electron chi connectivity index (χ4n) is 3.64. The van der Waals surface area contributed by atoms with Gasteiger partial charge in [-0.05, 0) is 60.2 Å². The molecule has 152 valence electrons. The molecule has 1 atom stereocenters. The maximum Gasteiger partial charge on any atom is 0.119 e. The zero-order chi connectivity index (χ0) is 20.5. The van der Waals surface area contributed by atoms with Crippen molar-refractivity contribution in [1.82, 2.24) is 4.98 Å². The molecule has 2 heteroatoms. The van der Waals surface area contributed by atoms with Crippen LogP contribution in [-0.4, -0.2) is 11.6 Å². The van der Waals surface area contributed by atoms with Crippen molar-refractivity contribution >= 4 is 0 Å². The predicted octanol–water partition coefficient (Wildman–Crippen LogP) is 7.42. The first-order chi connectivity index (χ1) is 14.2. The third-order valence-corrected chi connectivity index (χ3v) is 5.54. The molecule has 0 radical (unpaired) electrons. The Morgan fingerprint density at radius 1 is 0.759 bits per heavy atom. The van der Waals surface area contributed by atoms with Crippen molar-refractivity contribution in [2.24, 2.45) is 0 Å². The molecule has 1 unspecified atom stereocenters. The third-order valence-electron chi connectivity index (χ3n) is 5.54. The van der Waals surface area contributed by atoms with E-state index in [-0.39, 0.29) is 0 Å². The van der Waals surface area contributed by atoms with E-state index in [0.29, 0.717) is 12.5 Å². The molecule has 2 aromatic carbocycles. The summed E-state index contributed by atoms with van der Waals surface area (Å²) in [5, 5.41) is 0. The fourth-order valence-corrected chi connectivity index (χ4v) is 3.64. The molecule has 0 saturated carbocycles. The zero-order valence-electron chi connectivity index (χ0n) is 18.0. The van der Waals surface area contributed by atoms with Crippen LogP contribution in [0.15, 0.2) is 66.9 Å². The van der Waals surface area contributed by atoms with Crippen molar-refractivity contribution in [2.75, 3.05) is 6.61 Å². The molecule has 2 nitrogen and oxygen atoms in total. The van der Waals surface area contributed by atoms with Gasteiger partial charge in [0.1, 0.15) is 5.75 Å². The molecule has 3 rings (SSSR count). The molecule has 3 aromatic rings. The lowest BCUT2D eigenvalue weighted by molar-refractivity contribution is 0.340. The fraction of sp³-hybridized carbons (Fsp3) is 0.370. The van der Waals surface area contributed by atoms with Crippen LogP contribution in [0, 0.1) is 0 Å². The summed E-state index contributed by atoms with van der Waals surface area (Å²) in [6.45, 7) is 7.20. The number of pyridine rings is 1. The minimum atomic E-state index is 0.339. The van der Waals surface area contributed by atoms with Gasteiger partial charge in [-0.3, -0.25) is 4.98 Å². The highest BCUT2D eigenvalue weighted by molar-refractivity contribution is 5.64. The largest absolute Gasteiger partial charge is 0.494 e. The van der Waals surface area contributed by atoms with Crippen LogP contribution >= 0.6 is 0 Å². The standard InChI is InChI=1S/C27H33NO/c1-4-6-7-8-9-26-17-14-25(20-28-26)21(3)22-10-12-23(13-11-22)24-15-18-27(19-16-24)29-5-2/h10-21H,4-9H2,1-3H3. The van der Waals surface area contributed by atoms with Gasteiger partial charge < -0.3 is 4.74 Å². The second-order valence-corrected chi connectivity index (χ2v) is 7.69. The van der Waals surface area contributed by atoms with Gasteiger partial charge in [0.05, 0.1) is 6.61 Å². The number of benzene rings is 2. The molecule has 0 amide bonds. The number of rotatable bonds is 10. The summed E-state index contributed by atoms with van der Waals surface area (Å²) in [4.78, 5) is 4.70. The lowest BCUT2D eigenvalue weighted by Gasteiger charge is -2.14. The second kappa shape index (κ2) is 10.8. The molecule has 29 heavy (non-hydrogen) atoms. The summed E-state index contributed by atoms with van der Waals surface area (Å²) >= 11 is 0. The topological polar surface area (TPSA) is 22.1 Å². The van der Waals surface area contributed by atoms with Crippen LogP contribution in [0.1, 0.15) is 69.2 Å². The number of nitrogens with zero attached hydrogens (tertiary/aromatic N) is 1. The van der Waals surface area contributed by atoms with Crippen molar-refractivity contribution in [2.45, 2.75) is 58.8 Å². The number of hydrogen-bond acceptors (Lipinski definition) is 2. The molecule has 1 aromatic heterocycles. The van der Waals surface area contributed by atoms with Crippen LogP contribution in [0.3, 0.4) is 0 Å². The monoisotopic (exact) mass is 387 g/mol. The van der Waals surface area contributed by atoms with Gasteiger partial charge >= 0.3 is 0 Å². The van der Waals surface area contributed by atoms with Gasteiger partial charge in [0.25, 0.3) is 0 Å². The number of unbranched alkanes of at least 4 members (excludes halogenated alkanes) is 3. The number of hydrogen-bond donors (Lipinski definition) is 0. The number of aromatic nitrogens is 1.